The Morgan fingerprint density at radius 2 is 2.23 bits per heavy atom. The molecule has 0 aromatic rings. The lowest BCUT2D eigenvalue weighted by Crippen LogP contribution is -2.36. The van der Waals surface area contributed by atoms with Crippen molar-refractivity contribution in [1.29, 1.82) is 0 Å². The fourth-order valence-corrected chi connectivity index (χ4v) is 1.62. The normalized spacial score (nSPS) is 31.8. The van der Waals surface area contributed by atoms with Crippen LogP contribution in [0.15, 0.2) is 29.4 Å². The van der Waals surface area contributed by atoms with E-state index in [1.807, 2.05) is 18.2 Å². The Kier molecular flexibility index (Phi) is 2.00. The molecule has 13 heavy (non-hydrogen) atoms. The van der Waals surface area contributed by atoms with Gasteiger partial charge in [0.1, 0.15) is 0 Å². The lowest BCUT2D eigenvalue weighted by Gasteiger charge is -2.27. The van der Waals surface area contributed by atoms with Crippen molar-refractivity contribution in [1.82, 2.24) is 5.01 Å². The van der Waals surface area contributed by atoms with Crippen LogP contribution in [0.2, 0.25) is 0 Å². The average molecular weight is 176 g/mol. The lowest BCUT2D eigenvalue weighted by atomic mass is 9.97. The van der Waals surface area contributed by atoms with Crippen LogP contribution in [0.4, 0.5) is 0 Å². The molecule has 2 aliphatic rings. The Bertz CT molecular complexity index is 304. The molecule has 0 saturated carbocycles. The summed E-state index contributed by atoms with van der Waals surface area (Å²) in [5, 5.41) is 5.64. The van der Waals surface area contributed by atoms with Crippen LogP contribution < -0.4 is 0 Å². The zero-order valence-corrected chi connectivity index (χ0v) is 7.55. The van der Waals surface area contributed by atoms with E-state index in [0.29, 0.717) is 12.3 Å². The molecular weight excluding hydrogens is 164 g/mol. The van der Waals surface area contributed by atoms with Gasteiger partial charge >= 0.3 is 0 Å². The predicted molar refractivity (Wildman–Crippen MR) is 51.2 cm³/mol. The summed E-state index contributed by atoms with van der Waals surface area (Å²) in [6, 6.07) is 0.108. The van der Waals surface area contributed by atoms with Gasteiger partial charge in [0.05, 0.1) is 12.5 Å². The van der Waals surface area contributed by atoms with Crippen LogP contribution in [0.1, 0.15) is 13.3 Å². The number of carbonyl (C=O) groups excluding carboxylic acids is 1. The van der Waals surface area contributed by atoms with E-state index in [1.165, 1.54) is 0 Å². The molecule has 68 valence electrons. The summed E-state index contributed by atoms with van der Waals surface area (Å²) in [6.45, 7) is 2.09. The van der Waals surface area contributed by atoms with E-state index in [1.54, 1.807) is 11.2 Å². The first-order chi connectivity index (χ1) is 6.29. The number of allylic oxidation sites excluding steroid dienone is 2. The summed E-state index contributed by atoms with van der Waals surface area (Å²) >= 11 is 0. The zero-order valence-electron chi connectivity index (χ0n) is 7.55. The topological polar surface area (TPSA) is 32.7 Å². The highest BCUT2D eigenvalue weighted by molar-refractivity contribution is 5.94. The third-order valence-electron chi connectivity index (χ3n) is 2.38. The van der Waals surface area contributed by atoms with Crippen LogP contribution in [0.3, 0.4) is 0 Å². The van der Waals surface area contributed by atoms with E-state index < -0.39 is 0 Å². The molecule has 1 aliphatic heterocycles. The van der Waals surface area contributed by atoms with Crippen molar-refractivity contribution < 1.29 is 4.79 Å². The van der Waals surface area contributed by atoms with Crippen LogP contribution in [0.5, 0.6) is 0 Å². The standard InChI is InChI=1S/C10H12N2O/c1-8-4-2-3-5-9(8)12-10(13)6-7-11-12/h2-5,7-9H,6H2,1H3. The summed E-state index contributed by atoms with van der Waals surface area (Å²) < 4.78 is 0. The monoisotopic (exact) mass is 176 g/mol. The highest BCUT2D eigenvalue weighted by Crippen LogP contribution is 2.20. The Balaban J connectivity index is 2.16. The van der Waals surface area contributed by atoms with Crippen LogP contribution in [-0.2, 0) is 4.79 Å². The minimum Gasteiger partial charge on any atom is -0.273 e. The minimum atomic E-state index is 0.0943. The van der Waals surface area contributed by atoms with Gasteiger partial charge in [0, 0.05) is 12.1 Å². The first-order valence-electron chi connectivity index (χ1n) is 4.48. The van der Waals surface area contributed by atoms with Crippen LogP contribution in [0.25, 0.3) is 0 Å². The molecule has 1 heterocycles. The fourth-order valence-electron chi connectivity index (χ4n) is 1.62. The number of hydrogen-bond acceptors (Lipinski definition) is 2. The van der Waals surface area contributed by atoms with Crippen molar-refractivity contribution in [2.75, 3.05) is 0 Å². The summed E-state index contributed by atoms with van der Waals surface area (Å²) in [5.74, 6) is 0.445. The van der Waals surface area contributed by atoms with Gasteiger partial charge in [-0.05, 0) is 0 Å². The van der Waals surface area contributed by atoms with Gasteiger partial charge in [-0.1, -0.05) is 31.2 Å². The molecule has 0 bridgehead atoms. The summed E-state index contributed by atoms with van der Waals surface area (Å²) in [5.41, 5.74) is 0. The van der Waals surface area contributed by atoms with Gasteiger partial charge in [-0.25, -0.2) is 5.01 Å². The number of rotatable bonds is 1. The van der Waals surface area contributed by atoms with Crippen molar-refractivity contribution >= 4 is 12.1 Å². The third-order valence-corrected chi connectivity index (χ3v) is 2.38. The van der Waals surface area contributed by atoms with Gasteiger partial charge < -0.3 is 0 Å². The van der Waals surface area contributed by atoms with Crippen LogP contribution in [-0.4, -0.2) is 23.2 Å². The van der Waals surface area contributed by atoms with Crippen LogP contribution >= 0.6 is 0 Å². The minimum absolute atomic E-state index is 0.0943. The smallest absolute Gasteiger partial charge is 0.248 e. The molecule has 1 aliphatic carbocycles. The molecule has 1 amide bonds. The van der Waals surface area contributed by atoms with Gasteiger partial charge in [-0.3, -0.25) is 4.79 Å². The number of hydrazone groups is 1. The van der Waals surface area contributed by atoms with Crippen molar-refractivity contribution in [3.8, 4) is 0 Å². The maximum atomic E-state index is 11.4. The second kappa shape index (κ2) is 3.17. The summed E-state index contributed by atoms with van der Waals surface area (Å²) in [6.07, 6.45) is 10.2. The van der Waals surface area contributed by atoms with E-state index in [4.69, 9.17) is 0 Å². The van der Waals surface area contributed by atoms with E-state index in [9.17, 15) is 4.79 Å². The molecule has 0 N–H and O–H groups in total. The highest BCUT2D eigenvalue weighted by Gasteiger charge is 2.27. The molecule has 2 rings (SSSR count). The predicted octanol–water partition coefficient (Wildman–Crippen LogP) is 1.34. The van der Waals surface area contributed by atoms with Crippen molar-refractivity contribution in [3.63, 3.8) is 0 Å². The molecule has 0 spiro atoms. The van der Waals surface area contributed by atoms with E-state index >= 15 is 0 Å². The van der Waals surface area contributed by atoms with E-state index in [2.05, 4.69) is 18.1 Å². The van der Waals surface area contributed by atoms with Crippen molar-refractivity contribution in [3.05, 3.63) is 24.3 Å². The van der Waals surface area contributed by atoms with Gasteiger partial charge in [0.25, 0.3) is 0 Å². The Hall–Kier alpha value is -1.38. The van der Waals surface area contributed by atoms with Gasteiger partial charge in [-0.15, -0.1) is 0 Å². The number of hydrogen-bond donors (Lipinski definition) is 0. The van der Waals surface area contributed by atoms with Gasteiger partial charge in [0.2, 0.25) is 5.91 Å². The number of nitrogens with zero attached hydrogens (tertiary/aromatic N) is 2. The second-order valence-electron chi connectivity index (χ2n) is 3.36. The first kappa shape index (κ1) is 8.23. The van der Waals surface area contributed by atoms with Gasteiger partial charge in [0.15, 0.2) is 0 Å². The molecular formula is C10H12N2O. The molecule has 0 radical (unpaired) electrons. The maximum absolute atomic E-state index is 11.4. The molecule has 3 heteroatoms. The lowest BCUT2D eigenvalue weighted by molar-refractivity contribution is -0.130. The third kappa shape index (κ3) is 1.41. The Morgan fingerprint density at radius 1 is 1.46 bits per heavy atom. The zero-order chi connectivity index (χ0) is 9.26. The number of amides is 1. The Labute approximate surface area is 77.4 Å². The molecule has 3 nitrogen and oxygen atoms in total. The summed E-state index contributed by atoms with van der Waals surface area (Å²) in [4.78, 5) is 11.4. The first-order valence-corrected chi connectivity index (χ1v) is 4.48. The molecule has 0 aromatic carbocycles. The molecule has 0 saturated heterocycles. The molecule has 0 aromatic heterocycles. The number of carbonyl (C=O) groups is 1. The second-order valence-corrected chi connectivity index (χ2v) is 3.36. The van der Waals surface area contributed by atoms with Crippen molar-refractivity contribution in [2.24, 2.45) is 11.0 Å². The molecule has 0 fully saturated rings. The molecule has 2 atom stereocenters. The summed E-state index contributed by atoms with van der Waals surface area (Å²) in [7, 11) is 0. The average Bonchev–Trinajstić information content (AvgIpc) is 2.52. The van der Waals surface area contributed by atoms with E-state index in [0.717, 1.165) is 0 Å². The highest BCUT2D eigenvalue weighted by atomic mass is 16.2. The molecule has 2 unspecified atom stereocenters. The SMILES string of the molecule is CC1C=CC=CC1N1N=CCC1=O. The quantitative estimate of drug-likeness (QED) is 0.593. The maximum Gasteiger partial charge on any atom is 0.248 e. The van der Waals surface area contributed by atoms with E-state index in [-0.39, 0.29) is 11.9 Å². The van der Waals surface area contributed by atoms with Crippen molar-refractivity contribution in [2.45, 2.75) is 19.4 Å². The largest absolute Gasteiger partial charge is 0.273 e. The Morgan fingerprint density at radius 3 is 2.85 bits per heavy atom. The van der Waals surface area contributed by atoms with Crippen LogP contribution in [0, 0.1) is 5.92 Å². The fraction of sp³-hybridized carbons (Fsp3) is 0.400. The van der Waals surface area contributed by atoms with Gasteiger partial charge in [-0.2, -0.15) is 5.10 Å².